The first-order chi connectivity index (χ1) is 15.1. The molecule has 1 aliphatic carbocycles. The Morgan fingerprint density at radius 1 is 1.19 bits per heavy atom. The monoisotopic (exact) mass is 440 g/mol. The number of H-pyrrole nitrogens is 1. The lowest BCUT2D eigenvalue weighted by atomic mass is 10.1. The van der Waals surface area contributed by atoms with Crippen LogP contribution >= 0.6 is 0 Å². The number of amides is 1. The van der Waals surface area contributed by atoms with Crippen molar-refractivity contribution >= 4 is 11.7 Å². The lowest BCUT2D eigenvalue weighted by molar-refractivity contribution is -0.121. The molecule has 3 heterocycles. The number of aromatic nitrogens is 3. The highest BCUT2D eigenvalue weighted by molar-refractivity contribution is 5.82. The Kier molecular flexibility index (Phi) is 7.66. The molecular weight excluding hydrogens is 404 g/mol. The molecule has 2 N–H and O–H groups in total. The van der Waals surface area contributed by atoms with Crippen molar-refractivity contribution in [2.24, 2.45) is 0 Å². The molecule has 0 aromatic carbocycles. The topological polar surface area (TPSA) is 94.2 Å². The lowest BCUT2D eigenvalue weighted by Gasteiger charge is -2.25. The molecule has 0 radical (unpaired) electrons. The average Bonchev–Trinajstić information content (AvgIpc) is 3.37. The van der Waals surface area contributed by atoms with Gasteiger partial charge in [0.15, 0.2) is 11.3 Å². The summed E-state index contributed by atoms with van der Waals surface area (Å²) >= 11 is 0. The molecule has 1 saturated heterocycles. The Morgan fingerprint density at radius 3 is 2.50 bits per heavy atom. The smallest absolute Gasteiger partial charge is 0.239 e. The minimum Gasteiger partial charge on any atom is -0.358 e. The number of aryl methyl sites for hydroxylation is 1. The number of nitrogens with one attached hydrogen (secondary N) is 2. The van der Waals surface area contributed by atoms with E-state index in [0.717, 1.165) is 36.3 Å². The first kappa shape index (κ1) is 23.9. The molecule has 1 aliphatic heterocycles. The van der Waals surface area contributed by atoms with E-state index < -0.39 is 0 Å². The van der Waals surface area contributed by atoms with E-state index in [1.54, 1.807) is 6.20 Å². The molecule has 8 heteroatoms. The Hall–Kier alpha value is -2.74. The van der Waals surface area contributed by atoms with Crippen molar-refractivity contribution in [1.82, 2.24) is 25.2 Å². The van der Waals surface area contributed by atoms with Crippen LogP contribution in [-0.4, -0.2) is 65.0 Å². The van der Waals surface area contributed by atoms with Crippen molar-refractivity contribution in [1.29, 1.82) is 0 Å². The van der Waals surface area contributed by atoms with Crippen LogP contribution in [0.5, 0.6) is 0 Å². The Balaban J connectivity index is 0.000000416. The molecular formula is C24H36N6O2. The highest BCUT2D eigenvalue weighted by atomic mass is 16.2. The maximum absolute atomic E-state index is 12.3. The number of rotatable bonds is 4. The van der Waals surface area contributed by atoms with Crippen LogP contribution in [0.25, 0.3) is 11.5 Å². The van der Waals surface area contributed by atoms with Crippen molar-refractivity contribution in [2.45, 2.75) is 58.4 Å². The Labute approximate surface area is 190 Å². The van der Waals surface area contributed by atoms with Gasteiger partial charge in [-0.05, 0) is 73.0 Å². The fraction of sp³-hybridized carbons (Fsp3) is 0.583. The predicted molar refractivity (Wildman–Crippen MR) is 128 cm³/mol. The van der Waals surface area contributed by atoms with Crippen LogP contribution in [0.3, 0.4) is 0 Å². The third-order valence-electron chi connectivity index (χ3n) is 5.51. The van der Waals surface area contributed by atoms with Crippen LogP contribution in [0, 0.1) is 0 Å². The van der Waals surface area contributed by atoms with E-state index >= 15 is 0 Å². The zero-order valence-electron chi connectivity index (χ0n) is 20.0. The third-order valence-corrected chi connectivity index (χ3v) is 5.51. The Bertz CT molecular complexity index is 989. The van der Waals surface area contributed by atoms with Crippen LogP contribution in [0.1, 0.15) is 51.3 Å². The number of likely N-dealkylation sites (tertiary alicyclic amines) is 1. The number of hydrogen-bond donors (Lipinski definition) is 2. The summed E-state index contributed by atoms with van der Waals surface area (Å²) in [7, 11) is 4.04. The number of pyridine rings is 1. The van der Waals surface area contributed by atoms with E-state index in [9.17, 15) is 9.59 Å². The minimum atomic E-state index is -0.278. The number of fused-ring (bicyclic) bond motifs is 1. The van der Waals surface area contributed by atoms with Gasteiger partial charge in [0.2, 0.25) is 5.91 Å². The molecule has 0 atom stereocenters. The number of nitrogens with zero attached hydrogens (tertiary/aromatic N) is 4. The van der Waals surface area contributed by atoms with Crippen LogP contribution < -0.4 is 15.6 Å². The predicted octanol–water partition coefficient (Wildman–Crippen LogP) is 2.38. The molecule has 0 saturated carbocycles. The van der Waals surface area contributed by atoms with Crippen molar-refractivity contribution in [3.8, 4) is 11.5 Å². The first-order valence-electron chi connectivity index (χ1n) is 11.4. The fourth-order valence-electron chi connectivity index (χ4n) is 4.05. The molecule has 4 rings (SSSR count). The number of hydrogen-bond acceptors (Lipinski definition) is 6. The average molecular weight is 441 g/mol. The van der Waals surface area contributed by atoms with Crippen molar-refractivity contribution in [3.63, 3.8) is 0 Å². The first-order valence-corrected chi connectivity index (χ1v) is 11.4. The number of aromatic amines is 1. The fourth-order valence-corrected chi connectivity index (χ4v) is 4.05. The summed E-state index contributed by atoms with van der Waals surface area (Å²) < 4.78 is 0. The van der Waals surface area contributed by atoms with Gasteiger partial charge in [-0.3, -0.25) is 9.59 Å². The summed E-state index contributed by atoms with van der Waals surface area (Å²) in [4.78, 5) is 40.5. The van der Waals surface area contributed by atoms with Crippen LogP contribution in [-0.2, 0) is 17.6 Å². The summed E-state index contributed by atoms with van der Waals surface area (Å²) in [6, 6.07) is 2.95. The lowest BCUT2D eigenvalue weighted by Crippen LogP contribution is -2.45. The quantitative estimate of drug-likeness (QED) is 0.758. The molecule has 1 fully saturated rings. The summed E-state index contributed by atoms with van der Waals surface area (Å²) in [6.45, 7) is 8.72. The van der Waals surface area contributed by atoms with Crippen LogP contribution in [0.2, 0.25) is 0 Å². The highest BCUT2D eigenvalue weighted by Crippen LogP contribution is 2.30. The second-order valence-corrected chi connectivity index (χ2v) is 9.75. The maximum Gasteiger partial charge on any atom is 0.239 e. The van der Waals surface area contributed by atoms with Gasteiger partial charge < -0.3 is 20.1 Å². The maximum atomic E-state index is 12.3. The molecule has 174 valence electrons. The number of likely N-dealkylation sites (N-methyl/N-ethyl adjacent to an activating group) is 1. The molecule has 2 aromatic rings. The molecule has 32 heavy (non-hydrogen) atoms. The molecule has 0 bridgehead atoms. The molecule has 2 aromatic heterocycles. The van der Waals surface area contributed by atoms with Gasteiger partial charge in [0.05, 0.1) is 12.2 Å². The van der Waals surface area contributed by atoms with Crippen LogP contribution in [0.4, 0.5) is 5.82 Å². The number of anilines is 1. The van der Waals surface area contributed by atoms with E-state index in [-0.39, 0.29) is 23.4 Å². The van der Waals surface area contributed by atoms with Crippen molar-refractivity contribution in [3.05, 3.63) is 39.8 Å². The largest absolute Gasteiger partial charge is 0.358 e. The normalized spacial score (nSPS) is 15.7. The molecule has 1 amide bonds. The molecule has 0 spiro atoms. The third kappa shape index (κ3) is 6.63. The van der Waals surface area contributed by atoms with Gasteiger partial charge in [-0.2, -0.15) is 0 Å². The summed E-state index contributed by atoms with van der Waals surface area (Å²) in [5.74, 6) is 1.19. The van der Waals surface area contributed by atoms with E-state index in [1.807, 2.05) is 32.7 Å². The van der Waals surface area contributed by atoms with Gasteiger partial charge >= 0.3 is 0 Å². The van der Waals surface area contributed by atoms with E-state index in [0.29, 0.717) is 11.5 Å². The van der Waals surface area contributed by atoms with Gasteiger partial charge in [-0.25, -0.2) is 9.97 Å². The summed E-state index contributed by atoms with van der Waals surface area (Å²) in [5, 5.41) is 2.97. The van der Waals surface area contributed by atoms with Gasteiger partial charge in [-0.15, -0.1) is 0 Å². The van der Waals surface area contributed by atoms with Crippen molar-refractivity contribution in [2.75, 3.05) is 38.6 Å². The zero-order valence-corrected chi connectivity index (χ0v) is 20.0. The summed E-state index contributed by atoms with van der Waals surface area (Å²) in [5.41, 5.74) is 2.31. The Morgan fingerprint density at radius 2 is 1.91 bits per heavy atom. The summed E-state index contributed by atoms with van der Waals surface area (Å²) in [6.07, 6.45) is 7.23. The van der Waals surface area contributed by atoms with E-state index in [4.69, 9.17) is 0 Å². The molecule has 2 aliphatic rings. The molecule has 0 unspecified atom stereocenters. The number of carbonyl (C=O) groups is 1. The second-order valence-electron chi connectivity index (χ2n) is 9.75. The SMILES string of the molecule is CN(CC(=O)NC(C)(C)C)c1nc(-c2cc(=O)cc[nH]2)nc2c1CCC2.CN1CCCC1. The van der Waals surface area contributed by atoms with Gasteiger partial charge in [0.1, 0.15) is 5.82 Å². The van der Waals surface area contributed by atoms with E-state index in [2.05, 4.69) is 32.2 Å². The standard InChI is InChI=1S/C19H25N5O2.C5H11N/c1-19(2,3)23-16(26)11-24(4)18-13-6-5-7-14(13)21-17(22-18)15-10-12(25)8-9-20-15;1-6-4-2-3-5-6/h8-10H,5-7,11H2,1-4H3,(H,20,25)(H,23,26);2-5H2,1H3. The minimum absolute atomic E-state index is 0.0555. The van der Waals surface area contributed by atoms with Crippen LogP contribution in [0.15, 0.2) is 23.1 Å². The van der Waals surface area contributed by atoms with E-state index in [1.165, 1.54) is 38.1 Å². The zero-order chi connectivity index (χ0) is 23.3. The highest BCUT2D eigenvalue weighted by Gasteiger charge is 2.24. The molecule has 8 nitrogen and oxygen atoms in total. The second kappa shape index (κ2) is 10.3. The number of carbonyl (C=O) groups excluding carboxylic acids is 1. The van der Waals surface area contributed by atoms with Gasteiger partial charge in [0, 0.05) is 42.2 Å². The van der Waals surface area contributed by atoms with Crippen molar-refractivity contribution < 1.29 is 4.79 Å². The van der Waals surface area contributed by atoms with Gasteiger partial charge in [0.25, 0.3) is 0 Å². The van der Waals surface area contributed by atoms with Gasteiger partial charge in [-0.1, -0.05) is 0 Å².